The van der Waals surface area contributed by atoms with Crippen LogP contribution in [0.2, 0.25) is 0 Å². The zero-order chi connectivity index (χ0) is 15.1. The van der Waals surface area contributed by atoms with E-state index in [0.717, 1.165) is 44.9 Å². The first-order chi connectivity index (χ1) is 10.2. The minimum absolute atomic E-state index is 0.164. The van der Waals surface area contributed by atoms with Gasteiger partial charge in [-0.05, 0) is 56.7 Å². The maximum absolute atomic E-state index is 13.8. The number of rotatable bonds is 7. The largest absolute Gasteiger partial charge is 0.378 e. The minimum atomic E-state index is -0.765. The second-order valence-corrected chi connectivity index (χ2v) is 5.74. The molecular weight excluding hydrogens is 272 g/mol. The van der Waals surface area contributed by atoms with Crippen molar-refractivity contribution >= 4 is 0 Å². The molecule has 0 radical (unpaired) electrons. The molecule has 2 rings (SSSR count). The summed E-state index contributed by atoms with van der Waals surface area (Å²) in [5.74, 6) is -1.48. The Morgan fingerprint density at radius 1 is 1.33 bits per heavy atom. The third kappa shape index (κ3) is 5.04. The van der Waals surface area contributed by atoms with Crippen LogP contribution in [0.1, 0.15) is 44.6 Å². The van der Waals surface area contributed by atoms with Crippen molar-refractivity contribution in [1.82, 2.24) is 5.32 Å². The van der Waals surface area contributed by atoms with Crippen LogP contribution in [0.25, 0.3) is 0 Å². The average Bonchev–Trinajstić information content (AvgIpc) is 2.50. The zero-order valence-electron chi connectivity index (χ0n) is 12.7. The van der Waals surface area contributed by atoms with E-state index in [9.17, 15) is 8.78 Å². The topological polar surface area (TPSA) is 21.3 Å². The summed E-state index contributed by atoms with van der Waals surface area (Å²) in [5.41, 5.74) is 0.450. The van der Waals surface area contributed by atoms with Crippen LogP contribution in [0.4, 0.5) is 8.78 Å². The molecule has 0 aliphatic carbocycles. The molecule has 1 fully saturated rings. The smallest absolute Gasteiger partial charge is 0.162 e. The van der Waals surface area contributed by atoms with Crippen molar-refractivity contribution in [3.8, 4) is 0 Å². The van der Waals surface area contributed by atoms with E-state index in [1.54, 1.807) is 12.1 Å². The van der Waals surface area contributed by atoms with E-state index in [-0.39, 0.29) is 6.04 Å². The molecule has 1 aromatic carbocycles. The third-order valence-corrected chi connectivity index (χ3v) is 4.10. The van der Waals surface area contributed by atoms with Crippen molar-refractivity contribution in [3.63, 3.8) is 0 Å². The van der Waals surface area contributed by atoms with Crippen LogP contribution in [0.5, 0.6) is 0 Å². The lowest BCUT2D eigenvalue weighted by Gasteiger charge is -2.25. The highest BCUT2D eigenvalue weighted by Gasteiger charge is 2.18. The number of hydrogen-bond acceptors (Lipinski definition) is 2. The number of halogens is 2. The standard InChI is InChI=1S/C17H25F2NO/c1-2-20-14(9-10-15-7-3-4-11-21-15)12-13-6-5-8-16(18)17(13)19/h5-6,8,14-15,20H,2-4,7,9-12H2,1H3. The summed E-state index contributed by atoms with van der Waals surface area (Å²) in [6, 6.07) is 4.56. The average molecular weight is 297 g/mol. The van der Waals surface area contributed by atoms with Crippen LogP contribution < -0.4 is 5.32 Å². The second-order valence-electron chi connectivity index (χ2n) is 5.74. The van der Waals surface area contributed by atoms with Gasteiger partial charge < -0.3 is 10.1 Å². The van der Waals surface area contributed by atoms with Crippen LogP contribution in [-0.4, -0.2) is 25.3 Å². The highest BCUT2D eigenvalue weighted by molar-refractivity contribution is 5.20. The molecule has 118 valence electrons. The fraction of sp³-hybridized carbons (Fsp3) is 0.647. The molecule has 1 aliphatic heterocycles. The van der Waals surface area contributed by atoms with Gasteiger partial charge in [0.1, 0.15) is 0 Å². The number of ether oxygens (including phenoxy) is 1. The van der Waals surface area contributed by atoms with Gasteiger partial charge in [-0.15, -0.1) is 0 Å². The Balaban J connectivity index is 1.90. The number of benzene rings is 1. The molecule has 4 heteroatoms. The molecule has 1 saturated heterocycles. The SMILES string of the molecule is CCNC(CCC1CCCCO1)Cc1cccc(F)c1F. The van der Waals surface area contributed by atoms with E-state index < -0.39 is 11.6 Å². The highest BCUT2D eigenvalue weighted by atomic mass is 19.2. The Morgan fingerprint density at radius 2 is 2.19 bits per heavy atom. The van der Waals surface area contributed by atoms with Crippen LogP contribution in [0.3, 0.4) is 0 Å². The van der Waals surface area contributed by atoms with Gasteiger partial charge in [0.15, 0.2) is 11.6 Å². The van der Waals surface area contributed by atoms with Crippen LogP contribution in [0.15, 0.2) is 18.2 Å². The van der Waals surface area contributed by atoms with Gasteiger partial charge in [-0.1, -0.05) is 19.1 Å². The zero-order valence-corrected chi connectivity index (χ0v) is 12.7. The number of hydrogen-bond donors (Lipinski definition) is 1. The first-order valence-electron chi connectivity index (χ1n) is 7.98. The molecule has 0 aromatic heterocycles. The summed E-state index contributed by atoms with van der Waals surface area (Å²) in [4.78, 5) is 0. The Bertz CT molecular complexity index is 433. The molecule has 0 amide bonds. The van der Waals surface area contributed by atoms with Crippen molar-refractivity contribution in [3.05, 3.63) is 35.4 Å². The molecular formula is C17H25F2NO. The predicted molar refractivity (Wildman–Crippen MR) is 80.4 cm³/mol. The van der Waals surface area contributed by atoms with Gasteiger partial charge in [0.05, 0.1) is 6.10 Å². The molecule has 1 heterocycles. The van der Waals surface area contributed by atoms with Crippen molar-refractivity contribution < 1.29 is 13.5 Å². The van der Waals surface area contributed by atoms with E-state index in [1.165, 1.54) is 6.42 Å². The summed E-state index contributed by atoms with van der Waals surface area (Å²) >= 11 is 0. The molecule has 0 bridgehead atoms. The van der Waals surface area contributed by atoms with E-state index in [1.807, 2.05) is 6.92 Å². The quantitative estimate of drug-likeness (QED) is 0.826. The van der Waals surface area contributed by atoms with Gasteiger partial charge in [-0.2, -0.15) is 0 Å². The van der Waals surface area contributed by atoms with E-state index in [0.29, 0.717) is 18.1 Å². The maximum Gasteiger partial charge on any atom is 0.162 e. The second kappa shape index (κ2) is 8.44. The maximum atomic E-state index is 13.8. The molecule has 2 unspecified atom stereocenters. The fourth-order valence-corrected chi connectivity index (χ4v) is 2.96. The van der Waals surface area contributed by atoms with Crippen molar-refractivity contribution in [2.75, 3.05) is 13.2 Å². The Morgan fingerprint density at radius 3 is 2.90 bits per heavy atom. The molecule has 2 nitrogen and oxygen atoms in total. The van der Waals surface area contributed by atoms with Gasteiger partial charge in [0, 0.05) is 12.6 Å². The molecule has 0 spiro atoms. The van der Waals surface area contributed by atoms with Gasteiger partial charge in [0.25, 0.3) is 0 Å². The number of nitrogens with one attached hydrogen (secondary N) is 1. The van der Waals surface area contributed by atoms with Gasteiger partial charge in [0.2, 0.25) is 0 Å². The van der Waals surface area contributed by atoms with Crippen molar-refractivity contribution in [2.24, 2.45) is 0 Å². The monoisotopic (exact) mass is 297 g/mol. The van der Waals surface area contributed by atoms with E-state index in [2.05, 4.69) is 5.32 Å². The lowest BCUT2D eigenvalue weighted by Crippen LogP contribution is -2.33. The molecule has 2 atom stereocenters. The molecule has 0 saturated carbocycles. The fourth-order valence-electron chi connectivity index (χ4n) is 2.96. The van der Waals surface area contributed by atoms with Gasteiger partial charge in [-0.3, -0.25) is 0 Å². The van der Waals surface area contributed by atoms with Crippen LogP contribution >= 0.6 is 0 Å². The molecule has 1 N–H and O–H groups in total. The lowest BCUT2D eigenvalue weighted by molar-refractivity contribution is 0.00859. The Labute approximate surface area is 125 Å². The Kier molecular flexibility index (Phi) is 6.58. The molecule has 21 heavy (non-hydrogen) atoms. The van der Waals surface area contributed by atoms with Crippen molar-refractivity contribution in [1.29, 1.82) is 0 Å². The predicted octanol–water partition coefficient (Wildman–Crippen LogP) is 3.83. The van der Waals surface area contributed by atoms with Crippen LogP contribution in [-0.2, 0) is 11.2 Å². The number of likely N-dealkylation sites (N-methyl/N-ethyl adjacent to an activating group) is 1. The normalized spacial score (nSPS) is 20.4. The first kappa shape index (κ1) is 16.4. The summed E-state index contributed by atoms with van der Waals surface area (Å²) in [6.45, 7) is 3.72. The molecule has 1 aliphatic rings. The highest BCUT2D eigenvalue weighted by Crippen LogP contribution is 2.20. The van der Waals surface area contributed by atoms with E-state index in [4.69, 9.17) is 4.74 Å². The first-order valence-corrected chi connectivity index (χ1v) is 7.98. The van der Waals surface area contributed by atoms with Gasteiger partial charge >= 0.3 is 0 Å². The van der Waals surface area contributed by atoms with Gasteiger partial charge in [-0.25, -0.2) is 8.78 Å². The van der Waals surface area contributed by atoms with Crippen molar-refractivity contribution in [2.45, 2.75) is 57.6 Å². The summed E-state index contributed by atoms with van der Waals surface area (Å²) in [7, 11) is 0. The molecule has 1 aromatic rings. The third-order valence-electron chi connectivity index (χ3n) is 4.10. The summed E-state index contributed by atoms with van der Waals surface area (Å²) in [6.07, 6.45) is 6.26. The van der Waals surface area contributed by atoms with E-state index >= 15 is 0 Å². The lowest BCUT2D eigenvalue weighted by atomic mass is 9.97. The van der Waals surface area contributed by atoms with Crippen LogP contribution in [0, 0.1) is 11.6 Å². The summed E-state index contributed by atoms with van der Waals surface area (Å²) < 4.78 is 32.8. The summed E-state index contributed by atoms with van der Waals surface area (Å²) in [5, 5.41) is 3.37. The Hall–Kier alpha value is -1.00. The minimum Gasteiger partial charge on any atom is -0.378 e.